The fourth-order valence-electron chi connectivity index (χ4n) is 3.33. The average Bonchev–Trinajstić information content (AvgIpc) is 2.83. The minimum Gasteiger partial charge on any atom is -0.399 e. The quantitative estimate of drug-likeness (QED) is 0.841. The molecule has 0 unspecified atom stereocenters. The predicted molar refractivity (Wildman–Crippen MR) is 81.7 cm³/mol. The van der Waals surface area contributed by atoms with E-state index in [9.17, 15) is 0 Å². The first kappa shape index (κ1) is 13.4. The average molecular weight is 273 g/mol. The zero-order valence-electron chi connectivity index (χ0n) is 11.9. The van der Waals surface area contributed by atoms with E-state index in [0.717, 1.165) is 29.9 Å². The van der Waals surface area contributed by atoms with Crippen molar-refractivity contribution in [2.75, 3.05) is 12.3 Å². The Morgan fingerprint density at radius 3 is 2.80 bits per heavy atom. The van der Waals surface area contributed by atoms with Crippen LogP contribution in [0.3, 0.4) is 0 Å². The van der Waals surface area contributed by atoms with Crippen molar-refractivity contribution in [2.24, 2.45) is 0 Å². The van der Waals surface area contributed by atoms with Gasteiger partial charge in [-0.1, -0.05) is 19.3 Å². The molecule has 0 amide bonds. The van der Waals surface area contributed by atoms with Gasteiger partial charge in [-0.25, -0.2) is 4.98 Å². The maximum atomic E-state index is 9.09. The maximum absolute atomic E-state index is 9.09. The number of hydrogen-bond donors (Lipinski definition) is 2. The molecule has 0 radical (unpaired) electrons. The van der Waals surface area contributed by atoms with Gasteiger partial charge in [0.1, 0.15) is 5.82 Å². The highest BCUT2D eigenvalue weighted by molar-refractivity contribution is 5.79. The first-order chi connectivity index (χ1) is 9.79. The summed E-state index contributed by atoms with van der Waals surface area (Å²) in [5.41, 5.74) is 8.82. The molecule has 2 aromatic rings. The number of aliphatic hydroxyl groups excluding tert-OH is 1. The molecular formula is C16H23N3O. The third kappa shape index (κ3) is 2.52. The number of aromatic nitrogens is 2. The van der Waals surface area contributed by atoms with Crippen molar-refractivity contribution in [3.05, 3.63) is 24.0 Å². The number of nitrogens with zero attached hydrogens (tertiary/aromatic N) is 2. The smallest absolute Gasteiger partial charge is 0.110 e. The summed E-state index contributed by atoms with van der Waals surface area (Å²) < 4.78 is 2.41. The molecule has 0 spiro atoms. The van der Waals surface area contributed by atoms with Crippen LogP contribution in [-0.4, -0.2) is 21.3 Å². The van der Waals surface area contributed by atoms with Crippen LogP contribution in [0.15, 0.2) is 18.2 Å². The van der Waals surface area contributed by atoms with Crippen molar-refractivity contribution < 1.29 is 5.11 Å². The Balaban J connectivity index is 2.04. The number of aliphatic hydroxyl groups is 1. The van der Waals surface area contributed by atoms with Gasteiger partial charge in [0.2, 0.25) is 0 Å². The van der Waals surface area contributed by atoms with Crippen molar-refractivity contribution in [1.29, 1.82) is 0 Å². The van der Waals surface area contributed by atoms with Crippen LogP contribution in [0.25, 0.3) is 11.0 Å². The van der Waals surface area contributed by atoms with E-state index < -0.39 is 0 Å². The minimum absolute atomic E-state index is 0.218. The topological polar surface area (TPSA) is 64.1 Å². The molecular weight excluding hydrogens is 250 g/mol. The second kappa shape index (κ2) is 5.83. The Labute approximate surface area is 119 Å². The van der Waals surface area contributed by atoms with E-state index in [2.05, 4.69) is 10.6 Å². The van der Waals surface area contributed by atoms with Gasteiger partial charge in [-0.3, -0.25) is 0 Å². The van der Waals surface area contributed by atoms with Crippen LogP contribution in [0.4, 0.5) is 5.69 Å². The van der Waals surface area contributed by atoms with E-state index in [4.69, 9.17) is 15.8 Å². The number of fused-ring (bicyclic) bond motifs is 1. The number of anilines is 1. The number of benzene rings is 1. The summed E-state index contributed by atoms with van der Waals surface area (Å²) in [7, 11) is 0. The van der Waals surface area contributed by atoms with Crippen molar-refractivity contribution >= 4 is 16.7 Å². The highest BCUT2D eigenvalue weighted by Gasteiger charge is 2.21. The highest BCUT2D eigenvalue weighted by Crippen LogP contribution is 2.33. The first-order valence-electron chi connectivity index (χ1n) is 7.67. The van der Waals surface area contributed by atoms with Gasteiger partial charge in [0.25, 0.3) is 0 Å². The van der Waals surface area contributed by atoms with E-state index in [-0.39, 0.29) is 6.61 Å². The van der Waals surface area contributed by atoms with Crippen LogP contribution in [0.5, 0.6) is 0 Å². The molecule has 4 nitrogen and oxygen atoms in total. The summed E-state index contributed by atoms with van der Waals surface area (Å²) >= 11 is 0. The van der Waals surface area contributed by atoms with E-state index in [0.29, 0.717) is 6.04 Å². The molecule has 0 saturated heterocycles. The van der Waals surface area contributed by atoms with E-state index in [1.807, 2.05) is 12.1 Å². The SMILES string of the molecule is Nc1ccc2c(c1)nc(CCCO)n2C1CCCCC1. The molecule has 108 valence electrons. The molecule has 0 aliphatic heterocycles. The number of nitrogen functional groups attached to an aromatic ring is 1. The summed E-state index contributed by atoms with van der Waals surface area (Å²) in [6.07, 6.45) is 8.04. The summed E-state index contributed by atoms with van der Waals surface area (Å²) in [6.45, 7) is 0.218. The van der Waals surface area contributed by atoms with Crippen molar-refractivity contribution in [3.63, 3.8) is 0 Å². The Kier molecular flexibility index (Phi) is 3.92. The molecule has 1 saturated carbocycles. The third-order valence-electron chi connectivity index (χ3n) is 4.28. The van der Waals surface area contributed by atoms with Crippen LogP contribution in [0.2, 0.25) is 0 Å². The van der Waals surface area contributed by atoms with E-state index in [1.165, 1.54) is 37.6 Å². The standard InChI is InChI=1S/C16H23N3O/c17-12-8-9-15-14(11-12)18-16(7-4-10-20)19(15)13-5-2-1-3-6-13/h8-9,11,13,20H,1-7,10,17H2. The maximum Gasteiger partial charge on any atom is 0.110 e. The zero-order valence-corrected chi connectivity index (χ0v) is 11.9. The van der Waals surface area contributed by atoms with Gasteiger partial charge in [-0.15, -0.1) is 0 Å². The largest absolute Gasteiger partial charge is 0.399 e. The van der Waals surface area contributed by atoms with Crippen LogP contribution in [0.1, 0.15) is 50.4 Å². The molecule has 1 fully saturated rings. The summed E-state index contributed by atoms with van der Waals surface area (Å²) in [6, 6.07) is 6.57. The van der Waals surface area contributed by atoms with Crippen molar-refractivity contribution in [3.8, 4) is 0 Å². The lowest BCUT2D eigenvalue weighted by Gasteiger charge is -2.25. The van der Waals surface area contributed by atoms with Gasteiger partial charge in [0, 0.05) is 24.8 Å². The number of hydrogen-bond acceptors (Lipinski definition) is 3. The molecule has 3 N–H and O–H groups in total. The lowest BCUT2D eigenvalue weighted by Crippen LogP contribution is -2.15. The number of nitrogens with two attached hydrogens (primary N) is 1. The summed E-state index contributed by atoms with van der Waals surface area (Å²) in [5.74, 6) is 1.10. The molecule has 3 rings (SSSR count). The van der Waals surface area contributed by atoms with Gasteiger partial charge in [-0.2, -0.15) is 0 Å². The fraction of sp³-hybridized carbons (Fsp3) is 0.562. The molecule has 1 heterocycles. The summed E-state index contributed by atoms with van der Waals surface area (Å²) in [4.78, 5) is 4.76. The minimum atomic E-state index is 0.218. The van der Waals surface area contributed by atoms with Gasteiger partial charge < -0.3 is 15.4 Å². The molecule has 0 atom stereocenters. The van der Waals surface area contributed by atoms with Crippen molar-refractivity contribution in [1.82, 2.24) is 9.55 Å². The lowest BCUT2D eigenvalue weighted by molar-refractivity contribution is 0.284. The van der Waals surface area contributed by atoms with Crippen molar-refractivity contribution in [2.45, 2.75) is 51.0 Å². The first-order valence-corrected chi connectivity index (χ1v) is 7.67. The molecule has 4 heteroatoms. The van der Waals surface area contributed by atoms with E-state index in [1.54, 1.807) is 0 Å². The molecule has 0 bridgehead atoms. The number of aryl methyl sites for hydroxylation is 1. The van der Waals surface area contributed by atoms with Crippen LogP contribution < -0.4 is 5.73 Å². The van der Waals surface area contributed by atoms with Gasteiger partial charge in [0.15, 0.2) is 0 Å². The zero-order chi connectivity index (χ0) is 13.9. The normalized spacial score (nSPS) is 16.9. The van der Waals surface area contributed by atoms with Gasteiger partial charge in [-0.05, 0) is 37.5 Å². The molecule has 20 heavy (non-hydrogen) atoms. The Morgan fingerprint density at radius 1 is 1.25 bits per heavy atom. The highest BCUT2D eigenvalue weighted by atomic mass is 16.2. The second-order valence-electron chi connectivity index (χ2n) is 5.77. The number of rotatable bonds is 4. The van der Waals surface area contributed by atoms with Crippen LogP contribution in [-0.2, 0) is 6.42 Å². The molecule has 1 aromatic heterocycles. The molecule has 1 aromatic carbocycles. The van der Waals surface area contributed by atoms with Crippen LogP contribution >= 0.6 is 0 Å². The number of imidazole rings is 1. The Morgan fingerprint density at radius 2 is 2.05 bits per heavy atom. The molecule has 1 aliphatic rings. The Hall–Kier alpha value is -1.55. The van der Waals surface area contributed by atoms with Crippen LogP contribution in [0, 0.1) is 0 Å². The van der Waals surface area contributed by atoms with Gasteiger partial charge in [0.05, 0.1) is 11.0 Å². The summed E-state index contributed by atoms with van der Waals surface area (Å²) in [5, 5.41) is 9.09. The lowest BCUT2D eigenvalue weighted by atomic mass is 9.95. The second-order valence-corrected chi connectivity index (χ2v) is 5.77. The third-order valence-corrected chi connectivity index (χ3v) is 4.28. The predicted octanol–water partition coefficient (Wildman–Crippen LogP) is 3.05. The van der Waals surface area contributed by atoms with Gasteiger partial charge >= 0.3 is 0 Å². The Bertz CT molecular complexity index is 585. The molecule has 1 aliphatic carbocycles. The van der Waals surface area contributed by atoms with E-state index >= 15 is 0 Å². The monoisotopic (exact) mass is 273 g/mol. The fourth-order valence-corrected chi connectivity index (χ4v) is 3.33.